The van der Waals surface area contributed by atoms with E-state index in [1.807, 2.05) is 26.8 Å². The number of benzene rings is 1. The van der Waals surface area contributed by atoms with Crippen LogP contribution in [0.25, 0.3) is 10.8 Å². The van der Waals surface area contributed by atoms with Crippen molar-refractivity contribution in [3.63, 3.8) is 0 Å². The molecule has 0 atom stereocenters. The van der Waals surface area contributed by atoms with Gasteiger partial charge in [-0.05, 0) is 32.9 Å². The molecule has 122 valence electrons. The number of aromatic nitrogens is 2. The minimum Gasteiger partial charge on any atom is -0.267 e. The summed E-state index contributed by atoms with van der Waals surface area (Å²) in [5.74, 6) is -0.466. The van der Waals surface area contributed by atoms with E-state index in [9.17, 15) is 9.59 Å². The van der Waals surface area contributed by atoms with Crippen molar-refractivity contribution in [1.82, 2.24) is 15.6 Å². The molecule has 0 fully saturated rings. The van der Waals surface area contributed by atoms with Gasteiger partial charge in [0.15, 0.2) is 5.69 Å². The Morgan fingerprint density at radius 2 is 1.96 bits per heavy atom. The zero-order chi connectivity index (χ0) is 17.3. The highest BCUT2D eigenvalue weighted by molar-refractivity contribution is 7.12. The smallest absolute Gasteiger partial charge is 0.267 e. The van der Waals surface area contributed by atoms with Crippen molar-refractivity contribution in [3.05, 3.63) is 61.7 Å². The maximum Gasteiger partial charge on any atom is 0.292 e. The number of rotatable bonds is 3. The largest absolute Gasteiger partial charge is 0.292 e. The number of hydrogen-bond donors (Lipinski definition) is 2. The van der Waals surface area contributed by atoms with Gasteiger partial charge in [-0.25, -0.2) is 10.5 Å². The topological polar surface area (TPSA) is 87.2 Å². The Hall–Kier alpha value is -2.80. The van der Waals surface area contributed by atoms with Crippen molar-refractivity contribution < 1.29 is 4.79 Å². The van der Waals surface area contributed by atoms with Crippen molar-refractivity contribution in [2.24, 2.45) is 5.10 Å². The molecule has 24 heavy (non-hydrogen) atoms. The Kier molecular flexibility index (Phi) is 4.26. The number of hydrazone groups is 1. The van der Waals surface area contributed by atoms with Crippen LogP contribution >= 0.6 is 11.3 Å². The fourth-order valence-corrected chi connectivity index (χ4v) is 3.50. The van der Waals surface area contributed by atoms with E-state index in [0.29, 0.717) is 10.8 Å². The third-order valence-corrected chi connectivity index (χ3v) is 4.63. The molecular formula is C17H16N4O2S. The molecule has 0 bridgehead atoms. The number of aromatic amines is 1. The molecule has 0 aliphatic carbocycles. The molecule has 1 aromatic carbocycles. The first-order valence-corrected chi connectivity index (χ1v) is 8.18. The van der Waals surface area contributed by atoms with Crippen molar-refractivity contribution in [1.29, 1.82) is 0 Å². The van der Waals surface area contributed by atoms with Crippen LogP contribution in [-0.2, 0) is 0 Å². The number of H-pyrrole nitrogens is 1. The molecule has 6 nitrogen and oxygen atoms in total. The lowest BCUT2D eigenvalue weighted by Gasteiger charge is -2.04. The summed E-state index contributed by atoms with van der Waals surface area (Å²) < 4.78 is 0. The lowest BCUT2D eigenvalue weighted by atomic mass is 10.1. The summed E-state index contributed by atoms with van der Waals surface area (Å²) >= 11 is 1.69. The molecule has 3 aromatic rings. The Balaban J connectivity index is 1.91. The van der Waals surface area contributed by atoms with Gasteiger partial charge in [0.1, 0.15) is 0 Å². The normalized spacial score (nSPS) is 11.7. The summed E-state index contributed by atoms with van der Waals surface area (Å²) in [6, 6.07) is 8.88. The van der Waals surface area contributed by atoms with Crippen molar-refractivity contribution >= 4 is 33.7 Å². The van der Waals surface area contributed by atoms with Crippen molar-refractivity contribution in [2.75, 3.05) is 0 Å². The van der Waals surface area contributed by atoms with Gasteiger partial charge in [0, 0.05) is 20.7 Å². The van der Waals surface area contributed by atoms with E-state index in [2.05, 4.69) is 20.7 Å². The summed E-state index contributed by atoms with van der Waals surface area (Å²) in [5.41, 5.74) is 4.06. The highest BCUT2D eigenvalue weighted by Crippen LogP contribution is 2.21. The van der Waals surface area contributed by atoms with E-state index in [-0.39, 0.29) is 11.3 Å². The lowest BCUT2D eigenvalue weighted by molar-refractivity contribution is 0.0950. The number of fused-ring (bicyclic) bond motifs is 1. The third-order valence-electron chi connectivity index (χ3n) is 3.67. The molecule has 2 aromatic heterocycles. The standard InChI is InChI=1S/C17H16N4O2S/c1-9-8-14(11(3)24-9)10(2)18-21-17(23)15-12-6-4-5-7-13(12)16(22)20-19-15/h4-8H,1-3H3,(H,20,22)(H,21,23)/b18-10-. The number of amides is 1. The highest BCUT2D eigenvalue weighted by Gasteiger charge is 2.14. The number of carbonyl (C=O) groups excluding carboxylic acids is 1. The average molecular weight is 340 g/mol. The molecule has 0 aliphatic heterocycles. The molecule has 0 unspecified atom stereocenters. The molecule has 0 aliphatic rings. The van der Waals surface area contributed by atoms with Crippen molar-refractivity contribution in [2.45, 2.75) is 20.8 Å². The second kappa shape index (κ2) is 6.37. The van der Waals surface area contributed by atoms with E-state index >= 15 is 0 Å². The van der Waals surface area contributed by atoms with Gasteiger partial charge in [-0.2, -0.15) is 10.2 Å². The van der Waals surface area contributed by atoms with Crippen LogP contribution in [0.1, 0.15) is 32.7 Å². The number of aryl methyl sites for hydroxylation is 2. The molecule has 0 radical (unpaired) electrons. The quantitative estimate of drug-likeness (QED) is 0.568. The number of hydrogen-bond acceptors (Lipinski definition) is 5. The zero-order valence-electron chi connectivity index (χ0n) is 13.5. The average Bonchev–Trinajstić information content (AvgIpc) is 2.91. The molecule has 2 heterocycles. The minimum atomic E-state index is -0.466. The van der Waals surface area contributed by atoms with Crippen molar-refractivity contribution in [3.8, 4) is 0 Å². The maximum atomic E-state index is 12.4. The van der Waals surface area contributed by atoms with Gasteiger partial charge in [0.05, 0.1) is 11.1 Å². The van der Waals surface area contributed by atoms with Crippen LogP contribution in [0.4, 0.5) is 0 Å². The molecule has 7 heteroatoms. The molecule has 0 saturated carbocycles. The van der Waals surface area contributed by atoms with E-state index in [0.717, 1.165) is 16.2 Å². The number of thiophene rings is 1. The molecule has 3 rings (SSSR count). The second-order valence-electron chi connectivity index (χ2n) is 5.41. The minimum absolute atomic E-state index is 0.139. The van der Waals surface area contributed by atoms with Crippen LogP contribution in [0.3, 0.4) is 0 Å². The molecule has 0 spiro atoms. The fourth-order valence-electron chi connectivity index (χ4n) is 2.53. The maximum absolute atomic E-state index is 12.4. The summed E-state index contributed by atoms with van der Waals surface area (Å²) in [5, 5.41) is 11.3. The summed E-state index contributed by atoms with van der Waals surface area (Å²) in [4.78, 5) is 26.5. The molecule has 0 saturated heterocycles. The number of nitrogens with one attached hydrogen (secondary N) is 2. The van der Waals surface area contributed by atoms with Gasteiger partial charge >= 0.3 is 0 Å². The van der Waals surface area contributed by atoms with Crippen LogP contribution in [0.15, 0.2) is 40.2 Å². The molecule has 2 N–H and O–H groups in total. The summed E-state index contributed by atoms with van der Waals surface area (Å²) in [6.07, 6.45) is 0. The second-order valence-corrected chi connectivity index (χ2v) is 6.87. The SMILES string of the molecule is C/C(=N/NC(=O)c1n[nH]c(=O)c2ccccc12)c1cc(C)sc1C. The molecular weight excluding hydrogens is 324 g/mol. The van der Waals surface area contributed by atoms with E-state index < -0.39 is 5.91 Å². The van der Waals surface area contributed by atoms with E-state index in [4.69, 9.17) is 0 Å². The Morgan fingerprint density at radius 3 is 2.62 bits per heavy atom. The summed E-state index contributed by atoms with van der Waals surface area (Å²) in [6.45, 7) is 5.89. The van der Waals surface area contributed by atoms with Gasteiger partial charge in [-0.1, -0.05) is 18.2 Å². The van der Waals surface area contributed by atoms with E-state index in [1.54, 1.807) is 35.6 Å². The lowest BCUT2D eigenvalue weighted by Crippen LogP contribution is -2.23. The van der Waals surface area contributed by atoms with Crippen LogP contribution < -0.4 is 11.0 Å². The summed E-state index contributed by atoms with van der Waals surface area (Å²) in [7, 11) is 0. The monoisotopic (exact) mass is 340 g/mol. The Morgan fingerprint density at radius 1 is 1.25 bits per heavy atom. The Labute approximate surface area is 142 Å². The highest BCUT2D eigenvalue weighted by atomic mass is 32.1. The predicted molar refractivity (Wildman–Crippen MR) is 95.8 cm³/mol. The van der Waals surface area contributed by atoms with Gasteiger partial charge < -0.3 is 0 Å². The molecule has 1 amide bonds. The zero-order valence-corrected chi connectivity index (χ0v) is 14.3. The fraction of sp³-hybridized carbons (Fsp3) is 0.176. The van der Waals surface area contributed by atoms with Crippen LogP contribution in [0, 0.1) is 13.8 Å². The third kappa shape index (κ3) is 2.98. The Bertz CT molecular complexity index is 1020. The van der Waals surface area contributed by atoms with Gasteiger partial charge in [0.25, 0.3) is 11.5 Å². The van der Waals surface area contributed by atoms with Gasteiger partial charge in [-0.15, -0.1) is 11.3 Å². The van der Waals surface area contributed by atoms with Gasteiger partial charge in [0.2, 0.25) is 0 Å². The number of nitrogens with zero attached hydrogens (tertiary/aromatic N) is 2. The van der Waals surface area contributed by atoms with Crippen LogP contribution in [0.2, 0.25) is 0 Å². The van der Waals surface area contributed by atoms with Crippen LogP contribution in [-0.4, -0.2) is 21.8 Å². The van der Waals surface area contributed by atoms with E-state index in [1.165, 1.54) is 4.88 Å². The predicted octanol–water partition coefficient (Wildman–Crippen LogP) is 2.76. The first kappa shape index (κ1) is 16.1. The first-order valence-electron chi connectivity index (χ1n) is 7.37. The first-order chi connectivity index (χ1) is 11.5. The van der Waals surface area contributed by atoms with Crippen LogP contribution in [0.5, 0.6) is 0 Å². The number of carbonyl (C=O) groups is 1. The van der Waals surface area contributed by atoms with Gasteiger partial charge in [-0.3, -0.25) is 9.59 Å².